The Hall–Kier alpha value is -2.36. The lowest BCUT2D eigenvalue weighted by Crippen LogP contribution is -2.19. The first-order valence-corrected chi connectivity index (χ1v) is 12.7. The van der Waals surface area contributed by atoms with Crippen LogP contribution in [-0.2, 0) is 41.8 Å². The highest BCUT2D eigenvalue weighted by atomic mass is 32.1. The average molecular weight is 541 g/mol. The van der Waals surface area contributed by atoms with E-state index in [0.717, 1.165) is 11.5 Å². The van der Waals surface area contributed by atoms with Crippen molar-refractivity contribution < 1.29 is 56.2 Å². The van der Waals surface area contributed by atoms with Crippen molar-refractivity contribution in [3.05, 3.63) is 10.8 Å². The number of aromatic nitrogens is 2. The molecule has 0 radical (unpaired) electrons. The van der Waals surface area contributed by atoms with Crippen molar-refractivity contribution in [1.29, 1.82) is 0 Å². The molecule has 1 aromatic rings. The highest BCUT2D eigenvalue weighted by Crippen LogP contribution is 2.50. The molecule has 0 bridgehead atoms. The van der Waals surface area contributed by atoms with Crippen LogP contribution in [0.15, 0.2) is 0 Å². The number of hydrogen-bond donors (Lipinski definition) is 1. The molecule has 1 saturated heterocycles. The second-order valence-electron chi connectivity index (χ2n) is 7.50. The van der Waals surface area contributed by atoms with E-state index in [1.807, 2.05) is 0 Å². The Morgan fingerprint density at radius 1 is 1.03 bits per heavy atom. The lowest BCUT2D eigenvalue weighted by molar-refractivity contribution is -0.0534. The van der Waals surface area contributed by atoms with Crippen LogP contribution in [0, 0.1) is 0 Å². The molecule has 0 aromatic carbocycles. The van der Waals surface area contributed by atoms with Crippen LogP contribution in [0.3, 0.4) is 0 Å². The lowest BCUT2D eigenvalue weighted by atomic mass is 10.2. The van der Waals surface area contributed by atoms with Crippen LogP contribution in [0.25, 0.3) is 0 Å². The number of rotatable bonds is 13. The molecule has 2 N–H and O–H groups in total. The fraction of sp³-hybridized carbons (Fsp3) is 0.722. The molecule has 0 saturated carbocycles. The Morgan fingerprint density at radius 2 is 1.60 bits per heavy atom. The van der Waals surface area contributed by atoms with E-state index >= 15 is 0 Å². The van der Waals surface area contributed by atoms with Gasteiger partial charge in [-0.2, -0.15) is 4.37 Å². The highest BCUT2D eigenvalue weighted by Gasteiger charge is 2.34. The Labute approximate surface area is 205 Å². The number of nitrogens with two attached hydrogens (primary N) is 1. The van der Waals surface area contributed by atoms with Crippen LogP contribution < -0.4 is 5.73 Å². The van der Waals surface area contributed by atoms with Crippen LogP contribution in [0.2, 0.25) is 0 Å². The quantitative estimate of drug-likeness (QED) is 0.217. The Bertz CT molecular complexity index is 879. The number of phosphoric ester groups is 1. The van der Waals surface area contributed by atoms with Crippen LogP contribution in [0.4, 0.5) is 9.59 Å². The smallest absolute Gasteiger partial charge is 0.432 e. The molecular formula is C18H28N3O12PS. The monoisotopic (exact) mass is 541 g/mol. The molecule has 35 heavy (non-hydrogen) atoms. The molecule has 0 spiro atoms. The number of ether oxygens (including phenoxy) is 5. The summed E-state index contributed by atoms with van der Waals surface area (Å²) in [4.78, 5) is 38.2. The van der Waals surface area contributed by atoms with E-state index in [9.17, 15) is 18.9 Å². The zero-order valence-corrected chi connectivity index (χ0v) is 21.3. The minimum absolute atomic E-state index is 0.105. The summed E-state index contributed by atoms with van der Waals surface area (Å²) in [5.41, 5.74) is 5.16. The summed E-state index contributed by atoms with van der Waals surface area (Å²) in [6, 6.07) is 0. The van der Waals surface area contributed by atoms with Gasteiger partial charge in [0.25, 0.3) is 5.91 Å². The summed E-state index contributed by atoms with van der Waals surface area (Å²) in [7, 11) is -4.39. The third kappa shape index (κ3) is 10.4. The second kappa shape index (κ2) is 13.7. The van der Waals surface area contributed by atoms with Gasteiger partial charge >= 0.3 is 20.1 Å². The van der Waals surface area contributed by atoms with Gasteiger partial charge in [0.1, 0.15) is 11.1 Å². The van der Waals surface area contributed by atoms with Crippen molar-refractivity contribution in [1.82, 2.24) is 9.36 Å². The zero-order valence-electron chi connectivity index (χ0n) is 19.6. The minimum Gasteiger partial charge on any atom is -0.432 e. The summed E-state index contributed by atoms with van der Waals surface area (Å²) in [6.45, 7) is 4.54. The normalized spacial score (nSPS) is 18.0. The summed E-state index contributed by atoms with van der Waals surface area (Å²) >= 11 is 0.984. The maximum Gasteiger partial charge on any atom is 0.510 e. The SMILES string of the molecule is CC(C)OC(=O)OCOP(=O)(OCOC(=O)OC(C)C)OC[C@@H]1CC[C@H](c2nc(C(N)=O)ns2)O1. The zero-order chi connectivity index (χ0) is 26.0. The summed E-state index contributed by atoms with van der Waals surface area (Å²) in [6.07, 6.45) is -2.98. The Morgan fingerprint density at radius 3 is 2.09 bits per heavy atom. The number of carbonyl (C=O) groups excluding carboxylic acids is 3. The topological polar surface area (TPSA) is 194 Å². The minimum atomic E-state index is -4.39. The van der Waals surface area contributed by atoms with Crippen LogP contribution >= 0.6 is 19.4 Å². The van der Waals surface area contributed by atoms with E-state index < -0.39 is 64.0 Å². The number of nitrogens with zero attached hydrogens (tertiary/aromatic N) is 2. The molecule has 0 unspecified atom stereocenters. The number of primary amides is 1. The molecule has 2 atom stereocenters. The molecule has 1 amide bonds. The molecule has 1 aliphatic heterocycles. The molecule has 2 rings (SSSR count). The van der Waals surface area contributed by atoms with Gasteiger partial charge in [-0.3, -0.25) is 9.32 Å². The largest absolute Gasteiger partial charge is 0.510 e. The molecule has 15 nitrogen and oxygen atoms in total. The van der Waals surface area contributed by atoms with Crippen molar-refractivity contribution in [2.45, 2.75) is 65.0 Å². The first-order valence-electron chi connectivity index (χ1n) is 10.5. The van der Waals surface area contributed by atoms with E-state index in [4.69, 9.17) is 33.5 Å². The second-order valence-corrected chi connectivity index (χ2v) is 9.96. The Kier molecular flexibility index (Phi) is 11.3. The third-order valence-corrected chi connectivity index (χ3v) is 6.02. The fourth-order valence-electron chi connectivity index (χ4n) is 2.49. The summed E-state index contributed by atoms with van der Waals surface area (Å²) in [5.74, 6) is -0.855. The molecule has 1 fully saturated rings. The van der Waals surface area contributed by atoms with Gasteiger partial charge in [-0.1, -0.05) is 0 Å². The van der Waals surface area contributed by atoms with Crippen LogP contribution in [0.5, 0.6) is 0 Å². The summed E-state index contributed by atoms with van der Waals surface area (Å²) in [5, 5.41) is 0.464. The maximum atomic E-state index is 12.9. The van der Waals surface area contributed by atoms with E-state index in [-0.39, 0.29) is 12.4 Å². The van der Waals surface area contributed by atoms with Crippen molar-refractivity contribution in [3.8, 4) is 0 Å². The van der Waals surface area contributed by atoms with Crippen molar-refractivity contribution >= 4 is 37.6 Å². The lowest BCUT2D eigenvalue weighted by Gasteiger charge is -2.20. The molecule has 0 aliphatic carbocycles. The van der Waals surface area contributed by atoms with Crippen molar-refractivity contribution in [3.63, 3.8) is 0 Å². The van der Waals surface area contributed by atoms with Gasteiger partial charge in [0, 0.05) is 0 Å². The first-order chi connectivity index (χ1) is 16.5. The van der Waals surface area contributed by atoms with Gasteiger partial charge in [-0.25, -0.2) is 28.2 Å². The fourth-order valence-corrected chi connectivity index (χ4v) is 4.16. The molecule has 1 aliphatic rings. The van der Waals surface area contributed by atoms with Gasteiger partial charge in [0.15, 0.2) is 0 Å². The van der Waals surface area contributed by atoms with Crippen LogP contribution in [-0.4, -0.2) is 66.1 Å². The molecule has 17 heteroatoms. The predicted octanol–water partition coefficient (Wildman–Crippen LogP) is 3.05. The van der Waals surface area contributed by atoms with Crippen LogP contribution in [0.1, 0.15) is 62.3 Å². The number of phosphoric acid groups is 1. The number of hydrogen-bond acceptors (Lipinski definition) is 15. The van der Waals surface area contributed by atoms with Crippen molar-refractivity contribution in [2.24, 2.45) is 5.73 Å². The van der Waals surface area contributed by atoms with Gasteiger partial charge in [-0.05, 0) is 52.1 Å². The van der Waals surface area contributed by atoms with Gasteiger partial charge in [0.2, 0.25) is 19.4 Å². The van der Waals surface area contributed by atoms with Gasteiger partial charge in [-0.15, -0.1) is 0 Å². The van der Waals surface area contributed by atoms with E-state index in [2.05, 4.69) is 18.8 Å². The number of amides is 1. The Balaban J connectivity index is 1.89. The van der Waals surface area contributed by atoms with E-state index in [1.165, 1.54) is 0 Å². The number of carbonyl (C=O) groups is 3. The third-order valence-electron chi connectivity index (χ3n) is 3.90. The standard InChI is InChI=1S/C18H28N3O12PS/c1-10(2)31-17(23)26-8-29-34(25,30-9-27-18(24)32-11(3)4)28-7-12-5-6-13(33-12)16-20-15(14(19)22)21-35-16/h10-13H,5-9H2,1-4H3,(H2,19,22)/t12-,13+/m0/s1. The summed E-state index contributed by atoms with van der Waals surface area (Å²) < 4.78 is 56.7. The molecule has 1 aromatic heterocycles. The molecule has 198 valence electrons. The van der Waals surface area contributed by atoms with E-state index in [1.54, 1.807) is 27.7 Å². The maximum absolute atomic E-state index is 12.9. The highest BCUT2D eigenvalue weighted by molar-refractivity contribution is 7.48. The van der Waals surface area contributed by atoms with Gasteiger partial charge in [0.05, 0.1) is 24.9 Å². The predicted molar refractivity (Wildman–Crippen MR) is 116 cm³/mol. The molecular weight excluding hydrogens is 513 g/mol. The van der Waals surface area contributed by atoms with Gasteiger partial charge < -0.3 is 29.4 Å². The first kappa shape index (κ1) is 28.9. The van der Waals surface area contributed by atoms with E-state index in [0.29, 0.717) is 17.8 Å². The van der Waals surface area contributed by atoms with Crippen molar-refractivity contribution in [2.75, 3.05) is 20.2 Å². The molecule has 2 heterocycles. The average Bonchev–Trinajstić information content (AvgIpc) is 3.41.